The molecule has 0 saturated carbocycles. The van der Waals surface area contributed by atoms with Gasteiger partial charge in [0.05, 0.1) is 13.2 Å². The summed E-state index contributed by atoms with van der Waals surface area (Å²) in [5.74, 6) is 0.644. The fraction of sp³-hybridized carbons (Fsp3) is 0.500. The Hall–Kier alpha value is -2.50. The molecule has 6 nitrogen and oxygen atoms in total. The van der Waals surface area contributed by atoms with Gasteiger partial charge >= 0.3 is 6.09 Å². The fourth-order valence-corrected chi connectivity index (χ4v) is 2.80. The third kappa shape index (κ3) is 6.10. The molecule has 26 heavy (non-hydrogen) atoms. The van der Waals surface area contributed by atoms with Crippen molar-refractivity contribution in [2.24, 2.45) is 0 Å². The lowest BCUT2D eigenvalue weighted by Gasteiger charge is -2.31. The second-order valence-corrected chi connectivity index (χ2v) is 6.19. The van der Waals surface area contributed by atoms with Crippen molar-refractivity contribution >= 4 is 18.1 Å². The van der Waals surface area contributed by atoms with Crippen LogP contribution >= 0.6 is 0 Å². The van der Waals surface area contributed by atoms with Gasteiger partial charge in [0.1, 0.15) is 5.75 Å². The number of hydrogen-bond acceptors (Lipinski definition) is 4. The van der Waals surface area contributed by atoms with E-state index in [9.17, 15) is 9.59 Å². The van der Waals surface area contributed by atoms with E-state index in [1.165, 1.54) is 6.08 Å². The van der Waals surface area contributed by atoms with Gasteiger partial charge in [-0.3, -0.25) is 4.79 Å². The number of ether oxygens (including phenoxy) is 2. The quantitative estimate of drug-likeness (QED) is 0.758. The Bertz CT molecular complexity index is 622. The normalized spacial score (nSPS) is 15.1. The Morgan fingerprint density at radius 1 is 1.23 bits per heavy atom. The Balaban J connectivity index is 1.82. The van der Waals surface area contributed by atoms with Crippen molar-refractivity contribution in [1.82, 2.24) is 10.2 Å². The molecule has 142 valence electrons. The molecule has 0 aromatic heterocycles. The van der Waals surface area contributed by atoms with Gasteiger partial charge in [-0.15, -0.1) is 0 Å². The first-order valence-electron chi connectivity index (χ1n) is 9.26. The number of likely N-dealkylation sites (tertiary alicyclic amines) is 1. The van der Waals surface area contributed by atoms with Crippen LogP contribution < -0.4 is 10.1 Å². The van der Waals surface area contributed by atoms with Crippen LogP contribution in [0, 0.1) is 0 Å². The molecule has 1 saturated heterocycles. The van der Waals surface area contributed by atoms with E-state index in [2.05, 4.69) is 12.2 Å². The first-order valence-corrected chi connectivity index (χ1v) is 9.26. The minimum absolute atomic E-state index is 0.0735. The molecule has 0 radical (unpaired) electrons. The average molecular weight is 360 g/mol. The number of para-hydroxylation sites is 1. The van der Waals surface area contributed by atoms with Crippen LogP contribution in [0.2, 0.25) is 0 Å². The van der Waals surface area contributed by atoms with Crippen molar-refractivity contribution in [1.29, 1.82) is 0 Å². The highest BCUT2D eigenvalue weighted by Gasteiger charge is 2.24. The predicted octanol–water partition coefficient (Wildman–Crippen LogP) is 3.23. The molecule has 1 aromatic rings. The maximum Gasteiger partial charge on any atom is 0.409 e. The number of carbonyl (C=O) groups is 2. The van der Waals surface area contributed by atoms with Crippen LogP contribution in [0.3, 0.4) is 0 Å². The standard InChI is InChI=1S/C20H28N2O4/c1-3-15-26-18-8-6-5-7-16(18)9-10-19(23)21-17-11-13-22(14-12-17)20(24)25-4-2/h5-10,17H,3-4,11-15H2,1-2H3,(H,21,23)/b10-9+. The number of carbonyl (C=O) groups excluding carboxylic acids is 2. The Morgan fingerprint density at radius 2 is 1.96 bits per heavy atom. The van der Waals surface area contributed by atoms with E-state index in [1.807, 2.05) is 24.3 Å². The molecule has 1 heterocycles. The highest BCUT2D eigenvalue weighted by Crippen LogP contribution is 2.19. The Morgan fingerprint density at radius 3 is 2.65 bits per heavy atom. The lowest BCUT2D eigenvalue weighted by atomic mass is 10.1. The maximum atomic E-state index is 12.2. The van der Waals surface area contributed by atoms with Crippen molar-refractivity contribution in [2.45, 2.75) is 39.2 Å². The summed E-state index contributed by atoms with van der Waals surface area (Å²) in [7, 11) is 0. The zero-order chi connectivity index (χ0) is 18.8. The SMILES string of the molecule is CCCOc1ccccc1/C=C/C(=O)NC1CCN(C(=O)OCC)CC1. The van der Waals surface area contributed by atoms with Crippen LogP contribution in [0.15, 0.2) is 30.3 Å². The van der Waals surface area contributed by atoms with Crippen LogP contribution in [0.1, 0.15) is 38.7 Å². The van der Waals surface area contributed by atoms with Gasteiger partial charge in [-0.25, -0.2) is 4.79 Å². The lowest BCUT2D eigenvalue weighted by Crippen LogP contribution is -2.46. The van der Waals surface area contributed by atoms with Crippen molar-refractivity contribution in [3.63, 3.8) is 0 Å². The second kappa shape index (κ2) is 10.5. The van der Waals surface area contributed by atoms with E-state index in [1.54, 1.807) is 17.9 Å². The van der Waals surface area contributed by atoms with Gasteiger partial charge < -0.3 is 19.7 Å². The highest BCUT2D eigenvalue weighted by atomic mass is 16.6. The Kier molecular flexibility index (Phi) is 7.99. The summed E-state index contributed by atoms with van der Waals surface area (Å²) in [5.41, 5.74) is 0.883. The summed E-state index contributed by atoms with van der Waals surface area (Å²) in [6.45, 7) is 6.07. The summed E-state index contributed by atoms with van der Waals surface area (Å²) in [4.78, 5) is 25.6. The Labute approximate surface area is 155 Å². The number of hydrogen-bond donors (Lipinski definition) is 1. The van der Waals surface area contributed by atoms with E-state index in [0.717, 1.165) is 30.6 Å². The molecule has 0 unspecified atom stereocenters. The summed E-state index contributed by atoms with van der Waals surface area (Å²) in [6, 6.07) is 7.73. The molecular weight excluding hydrogens is 332 g/mol. The van der Waals surface area contributed by atoms with Gasteiger partial charge in [0.2, 0.25) is 5.91 Å². The summed E-state index contributed by atoms with van der Waals surface area (Å²) in [6.07, 6.45) is 5.42. The minimum atomic E-state index is -0.277. The summed E-state index contributed by atoms with van der Waals surface area (Å²) >= 11 is 0. The molecule has 2 amide bonds. The topological polar surface area (TPSA) is 67.9 Å². The molecule has 1 fully saturated rings. The first-order chi connectivity index (χ1) is 12.6. The number of benzene rings is 1. The number of piperidine rings is 1. The monoisotopic (exact) mass is 360 g/mol. The first kappa shape index (κ1) is 19.8. The molecule has 0 atom stereocenters. The van der Waals surface area contributed by atoms with Gasteiger partial charge in [-0.2, -0.15) is 0 Å². The van der Waals surface area contributed by atoms with Crippen molar-refractivity contribution < 1.29 is 19.1 Å². The van der Waals surface area contributed by atoms with Crippen LogP contribution in [0.4, 0.5) is 4.79 Å². The molecule has 0 bridgehead atoms. The summed E-state index contributed by atoms with van der Waals surface area (Å²) in [5, 5.41) is 3.00. The fourth-order valence-electron chi connectivity index (χ4n) is 2.80. The van der Waals surface area contributed by atoms with Crippen LogP contribution in [-0.4, -0.2) is 49.2 Å². The molecule has 0 spiro atoms. The van der Waals surface area contributed by atoms with Gasteiger partial charge in [0, 0.05) is 30.8 Å². The molecule has 1 aliphatic heterocycles. The predicted molar refractivity (Wildman–Crippen MR) is 101 cm³/mol. The van der Waals surface area contributed by atoms with Crippen molar-refractivity contribution in [2.75, 3.05) is 26.3 Å². The summed E-state index contributed by atoms with van der Waals surface area (Å²) < 4.78 is 10.7. The van der Waals surface area contributed by atoms with Crippen molar-refractivity contribution in [3.8, 4) is 5.75 Å². The van der Waals surface area contributed by atoms with Crippen molar-refractivity contribution in [3.05, 3.63) is 35.9 Å². The third-order valence-electron chi connectivity index (χ3n) is 4.16. The molecule has 1 aliphatic rings. The number of nitrogens with one attached hydrogen (secondary N) is 1. The maximum absolute atomic E-state index is 12.2. The van der Waals surface area contributed by atoms with Gasteiger partial charge in [-0.1, -0.05) is 25.1 Å². The van der Waals surface area contributed by atoms with Crippen LogP contribution in [0.5, 0.6) is 5.75 Å². The van der Waals surface area contributed by atoms with Crippen LogP contribution in [0.25, 0.3) is 6.08 Å². The smallest absolute Gasteiger partial charge is 0.409 e. The number of amides is 2. The van der Waals surface area contributed by atoms with E-state index < -0.39 is 0 Å². The molecule has 6 heteroatoms. The largest absolute Gasteiger partial charge is 0.493 e. The molecule has 2 rings (SSSR count). The van der Waals surface area contributed by atoms with E-state index in [0.29, 0.717) is 26.3 Å². The third-order valence-corrected chi connectivity index (χ3v) is 4.16. The average Bonchev–Trinajstić information content (AvgIpc) is 2.66. The molecule has 0 aliphatic carbocycles. The van der Waals surface area contributed by atoms with E-state index in [4.69, 9.17) is 9.47 Å². The zero-order valence-corrected chi connectivity index (χ0v) is 15.6. The molecule has 1 N–H and O–H groups in total. The minimum Gasteiger partial charge on any atom is -0.493 e. The second-order valence-electron chi connectivity index (χ2n) is 6.19. The van der Waals surface area contributed by atoms with Crippen LogP contribution in [-0.2, 0) is 9.53 Å². The lowest BCUT2D eigenvalue weighted by molar-refractivity contribution is -0.117. The zero-order valence-electron chi connectivity index (χ0n) is 15.6. The van der Waals surface area contributed by atoms with Gasteiger partial charge in [0.15, 0.2) is 0 Å². The van der Waals surface area contributed by atoms with Gasteiger partial charge in [0.25, 0.3) is 0 Å². The van der Waals surface area contributed by atoms with E-state index >= 15 is 0 Å². The number of nitrogens with zero attached hydrogens (tertiary/aromatic N) is 1. The molecule has 1 aromatic carbocycles. The van der Waals surface area contributed by atoms with E-state index in [-0.39, 0.29) is 18.0 Å². The number of rotatable bonds is 7. The molecular formula is C20H28N2O4. The van der Waals surface area contributed by atoms with Gasteiger partial charge in [-0.05, 0) is 38.3 Å². The highest BCUT2D eigenvalue weighted by molar-refractivity contribution is 5.92.